The number of imidazole rings is 1. The van der Waals surface area contributed by atoms with E-state index in [4.69, 9.17) is 0 Å². The third kappa shape index (κ3) is 3.56. The fourth-order valence-corrected chi connectivity index (χ4v) is 1.22. The average Bonchev–Trinajstić information content (AvgIpc) is 2.60. The van der Waals surface area contributed by atoms with Crippen LogP contribution in [0.15, 0.2) is 12.4 Å². The average molecular weight is 224 g/mol. The molecule has 0 aromatic carbocycles. The van der Waals surface area contributed by atoms with E-state index in [0.717, 1.165) is 0 Å². The maximum atomic E-state index is 11.7. The SMILES string of the molecule is CC(C)CNC(=O)C(C)Nc1nccn1C. The Kier molecular flexibility index (Phi) is 4.34. The van der Waals surface area contributed by atoms with Crippen LogP contribution < -0.4 is 10.6 Å². The predicted octanol–water partition coefficient (Wildman–Crippen LogP) is 0.993. The summed E-state index contributed by atoms with van der Waals surface area (Å²) in [4.78, 5) is 15.8. The highest BCUT2D eigenvalue weighted by atomic mass is 16.2. The normalized spacial score (nSPS) is 12.6. The zero-order valence-electron chi connectivity index (χ0n) is 10.3. The summed E-state index contributed by atoms with van der Waals surface area (Å²) in [5.41, 5.74) is 0. The summed E-state index contributed by atoms with van der Waals surface area (Å²) in [6.45, 7) is 6.66. The zero-order chi connectivity index (χ0) is 12.1. The fraction of sp³-hybridized carbons (Fsp3) is 0.636. The van der Waals surface area contributed by atoms with Crippen molar-refractivity contribution in [3.63, 3.8) is 0 Å². The maximum absolute atomic E-state index is 11.7. The molecule has 0 saturated heterocycles. The molecule has 0 saturated carbocycles. The molecule has 1 unspecified atom stereocenters. The van der Waals surface area contributed by atoms with E-state index in [1.165, 1.54) is 0 Å². The van der Waals surface area contributed by atoms with Crippen molar-refractivity contribution in [3.8, 4) is 0 Å². The van der Waals surface area contributed by atoms with Gasteiger partial charge in [-0.05, 0) is 12.8 Å². The lowest BCUT2D eigenvalue weighted by Crippen LogP contribution is -2.39. The smallest absolute Gasteiger partial charge is 0.242 e. The van der Waals surface area contributed by atoms with Crippen molar-refractivity contribution in [2.24, 2.45) is 13.0 Å². The van der Waals surface area contributed by atoms with Crippen molar-refractivity contribution >= 4 is 11.9 Å². The molecule has 0 bridgehead atoms. The standard InChI is InChI=1S/C11H20N4O/c1-8(2)7-13-10(16)9(3)14-11-12-5-6-15(11)4/h5-6,8-9H,7H2,1-4H3,(H,12,14)(H,13,16). The van der Waals surface area contributed by atoms with Gasteiger partial charge in [0.25, 0.3) is 0 Å². The van der Waals surface area contributed by atoms with Crippen LogP contribution in [0.4, 0.5) is 5.95 Å². The highest BCUT2D eigenvalue weighted by Crippen LogP contribution is 2.03. The van der Waals surface area contributed by atoms with Crippen LogP contribution in [-0.4, -0.2) is 28.0 Å². The second kappa shape index (κ2) is 5.53. The van der Waals surface area contributed by atoms with E-state index in [0.29, 0.717) is 18.4 Å². The molecule has 0 radical (unpaired) electrons. The largest absolute Gasteiger partial charge is 0.354 e. The molecule has 1 rings (SSSR count). The maximum Gasteiger partial charge on any atom is 0.242 e. The first kappa shape index (κ1) is 12.5. The number of amides is 1. The van der Waals surface area contributed by atoms with Gasteiger partial charge in [0.2, 0.25) is 11.9 Å². The summed E-state index contributed by atoms with van der Waals surface area (Å²) in [6, 6.07) is -0.278. The summed E-state index contributed by atoms with van der Waals surface area (Å²) in [5, 5.41) is 5.93. The van der Waals surface area contributed by atoms with Gasteiger partial charge in [-0.2, -0.15) is 0 Å². The van der Waals surface area contributed by atoms with Crippen LogP contribution in [-0.2, 0) is 11.8 Å². The second-order valence-electron chi connectivity index (χ2n) is 4.37. The summed E-state index contributed by atoms with van der Waals surface area (Å²) in [7, 11) is 1.88. The van der Waals surface area contributed by atoms with E-state index in [-0.39, 0.29) is 11.9 Å². The number of nitrogens with one attached hydrogen (secondary N) is 2. The van der Waals surface area contributed by atoms with E-state index in [1.807, 2.05) is 24.7 Å². The van der Waals surface area contributed by atoms with Crippen LogP contribution in [0.1, 0.15) is 20.8 Å². The van der Waals surface area contributed by atoms with E-state index < -0.39 is 0 Å². The molecule has 0 aliphatic heterocycles. The number of anilines is 1. The molecule has 1 amide bonds. The molecule has 1 aromatic rings. The number of carbonyl (C=O) groups excluding carboxylic acids is 1. The lowest BCUT2D eigenvalue weighted by atomic mass is 10.2. The van der Waals surface area contributed by atoms with Crippen LogP contribution >= 0.6 is 0 Å². The van der Waals surface area contributed by atoms with Crippen LogP contribution in [0.3, 0.4) is 0 Å². The first-order chi connectivity index (χ1) is 7.50. The zero-order valence-corrected chi connectivity index (χ0v) is 10.3. The Morgan fingerprint density at radius 1 is 1.50 bits per heavy atom. The van der Waals surface area contributed by atoms with Gasteiger partial charge < -0.3 is 15.2 Å². The van der Waals surface area contributed by atoms with Crippen molar-refractivity contribution < 1.29 is 4.79 Å². The molecule has 5 nitrogen and oxygen atoms in total. The van der Waals surface area contributed by atoms with E-state index in [1.54, 1.807) is 6.20 Å². The molecule has 0 spiro atoms. The number of aryl methyl sites for hydroxylation is 1. The highest BCUT2D eigenvalue weighted by Gasteiger charge is 2.13. The molecule has 16 heavy (non-hydrogen) atoms. The van der Waals surface area contributed by atoms with Crippen molar-refractivity contribution in [1.29, 1.82) is 0 Å². The number of aromatic nitrogens is 2. The van der Waals surface area contributed by atoms with Gasteiger partial charge >= 0.3 is 0 Å². The molecule has 0 aliphatic rings. The van der Waals surface area contributed by atoms with Gasteiger partial charge in [-0.1, -0.05) is 13.8 Å². The second-order valence-corrected chi connectivity index (χ2v) is 4.37. The lowest BCUT2D eigenvalue weighted by molar-refractivity contribution is -0.121. The van der Waals surface area contributed by atoms with Gasteiger partial charge in [0.1, 0.15) is 6.04 Å². The molecule has 1 aromatic heterocycles. The van der Waals surface area contributed by atoms with Crippen molar-refractivity contribution in [1.82, 2.24) is 14.9 Å². The molecular weight excluding hydrogens is 204 g/mol. The Labute approximate surface area is 96.3 Å². The molecule has 1 heterocycles. The van der Waals surface area contributed by atoms with Gasteiger partial charge in [0.05, 0.1) is 0 Å². The monoisotopic (exact) mass is 224 g/mol. The summed E-state index contributed by atoms with van der Waals surface area (Å²) >= 11 is 0. The Balaban J connectivity index is 2.43. The molecule has 0 aliphatic carbocycles. The molecule has 2 N–H and O–H groups in total. The van der Waals surface area contributed by atoms with Gasteiger partial charge in [-0.25, -0.2) is 4.98 Å². The summed E-state index contributed by atoms with van der Waals surface area (Å²) < 4.78 is 1.84. The molecule has 90 valence electrons. The van der Waals surface area contributed by atoms with Crippen LogP contribution in [0.2, 0.25) is 0 Å². The van der Waals surface area contributed by atoms with Gasteiger partial charge in [0.15, 0.2) is 0 Å². The van der Waals surface area contributed by atoms with Crippen LogP contribution in [0.25, 0.3) is 0 Å². The van der Waals surface area contributed by atoms with Crippen LogP contribution in [0.5, 0.6) is 0 Å². The fourth-order valence-electron chi connectivity index (χ4n) is 1.22. The highest BCUT2D eigenvalue weighted by molar-refractivity contribution is 5.83. The molecule has 0 fully saturated rings. The van der Waals surface area contributed by atoms with Crippen LogP contribution in [0, 0.1) is 5.92 Å². The van der Waals surface area contributed by atoms with Crippen molar-refractivity contribution in [3.05, 3.63) is 12.4 Å². The third-order valence-electron chi connectivity index (χ3n) is 2.24. The minimum Gasteiger partial charge on any atom is -0.354 e. The summed E-state index contributed by atoms with van der Waals surface area (Å²) in [6.07, 6.45) is 3.53. The third-order valence-corrected chi connectivity index (χ3v) is 2.24. The molecular formula is C11H20N4O. The van der Waals surface area contributed by atoms with E-state index in [2.05, 4.69) is 29.5 Å². The molecule has 1 atom stereocenters. The number of rotatable bonds is 5. The Hall–Kier alpha value is -1.52. The number of nitrogens with zero attached hydrogens (tertiary/aromatic N) is 2. The summed E-state index contributed by atoms with van der Waals surface area (Å²) in [5.74, 6) is 1.16. The minimum absolute atomic E-state index is 0.00306. The first-order valence-corrected chi connectivity index (χ1v) is 5.52. The number of hydrogen-bond acceptors (Lipinski definition) is 3. The Morgan fingerprint density at radius 2 is 2.19 bits per heavy atom. The van der Waals surface area contributed by atoms with Gasteiger partial charge in [-0.15, -0.1) is 0 Å². The quantitative estimate of drug-likeness (QED) is 0.784. The number of carbonyl (C=O) groups is 1. The predicted molar refractivity (Wildman–Crippen MR) is 64.1 cm³/mol. The van der Waals surface area contributed by atoms with Crippen molar-refractivity contribution in [2.75, 3.05) is 11.9 Å². The number of hydrogen-bond donors (Lipinski definition) is 2. The van der Waals surface area contributed by atoms with Gasteiger partial charge in [0, 0.05) is 26.0 Å². The Bertz CT molecular complexity index is 346. The Morgan fingerprint density at radius 3 is 2.69 bits per heavy atom. The first-order valence-electron chi connectivity index (χ1n) is 5.52. The minimum atomic E-state index is -0.278. The van der Waals surface area contributed by atoms with Gasteiger partial charge in [-0.3, -0.25) is 4.79 Å². The molecule has 5 heteroatoms. The topological polar surface area (TPSA) is 59.0 Å². The van der Waals surface area contributed by atoms with Crippen molar-refractivity contribution in [2.45, 2.75) is 26.8 Å². The van der Waals surface area contributed by atoms with E-state index in [9.17, 15) is 4.79 Å². The lowest BCUT2D eigenvalue weighted by Gasteiger charge is -2.15. The van der Waals surface area contributed by atoms with E-state index >= 15 is 0 Å².